The number of nitrogens with one attached hydrogen (secondary N) is 1. The minimum absolute atomic E-state index is 0.0152. The van der Waals surface area contributed by atoms with E-state index in [1.807, 2.05) is 0 Å². The molecule has 122 valence electrons. The first kappa shape index (κ1) is 16.4. The van der Waals surface area contributed by atoms with Crippen LogP contribution in [0.4, 0.5) is 18.0 Å². The predicted molar refractivity (Wildman–Crippen MR) is 72.6 cm³/mol. The van der Waals surface area contributed by atoms with E-state index in [0.29, 0.717) is 24.8 Å². The highest BCUT2D eigenvalue weighted by Gasteiger charge is 2.32. The van der Waals surface area contributed by atoms with Crippen molar-refractivity contribution in [1.29, 1.82) is 0 Å². The number of alkyl halides is 3. The summed E-state index contributed by atoms with van der Waals surface area (Å²) in [6.07, 6.45) is -4.16. The highest BCUT2D eigenvalue weighted by Crippen LogP contribution is 2.34. The van der Waals surface area contributed by atoms with E-state index in [1.54, 1.807) is 6.07 Å². The van der Waals surface area contributed by atoms with Gasteiger partial charge in [0, 0.05) is 12.1 Å². The highest BCUT2D eigenvalue weighted by atomic mass is 19.4. The summed E-state index contributed by atoms with van der Waals surface area (Å²) in [5.41, 5.74) is 6.67. The van der Waals surface area contributed by atoms with Gasteiger partial charge in [0.25, 0.3) is 0 Å². The molecule has 0 aliphatic heterocycles. The quantitative estimate of drug-likeness (QED) is 0.800. The zero-order chi connectivity index (χ0) is 16.3. The van der Waals surface area contributed by atoms with E-state index in [4.69, 9.17) is 10.8 Å². The summed E-state index contributed by atoms with van der Waals surface area (Å²) in [7, 11) is 0. The Morgan fingerprint density at radius 1 is 1.36 bits per heavy atom. The molecule has 1 fully saturated rings. The second-order valence-corrected chi connectivity index (χ2v) is 5.35. The van der Waals surface area contributed by atoms with Crippen LogP contribution in [0.2, 0.25) is 0 Å². The lowest BCUT2D eigenvalue weighted by Gasteiger charge is -2.34. The van der Waals surface area contributed by atoms with Gasteiger partial charge in [-0.1, -0.05) is 12.1 Å². The van der Waals surface area contributed by atoms with Gasteiger partial charge in [-0.3, -0.25) is 0 Å². The Balaban J connectivity index is 2.04. The van der Waals surface area contributed by atoms with Crippen LogP contribution in [0.3, 0.4) is 0 Å². The van der Waals surface area contributed by atoms with Crippen molar-refractivity contribution in [2.24, 2.45) is 5.73 Å². The first-order valence-corrected chi connectivity index (χ1v) is 6.85. The summed E-state index contributed by atoms with van der Waals surface area (Å²) >= 11 is 0. The molecule has 1 aliphatic rings. The number of carbonyl (C=O) groups is 1. The fraction of sp³-hybridized carbons (Fsp3) is 0.500. The molecule has 0 radical (unpaired) electrons. The van der Waals surface area contributed by atoms with Crippen LogP contribution >= 0.6 is 0 Å². The van der Waals surface area contributed by atoms with Crippen molar-refractivity contribution in [3.05, 3.63) is 29.8 Å². The zero-order valence-electron chi connectivity index (χ0n) is 11.6. The van der Waals surface area contributed by atoms with Crippen LogP contribution in [-0.4, -0.2) is 29.6 Å². The van der Waals surface area contributed by atoms with Gasteiger partial charge in [-0.25, -0.2) is 4.79 Å². The number of rotatable bonds is 3. The summed E-state index contributed by atoms with van der Waals surface area (Å²) in [5, 5.41) is 11.1. The van der Waals surface area contributed by atoms with Gasteiger partial charge in [-0.2, -0.15) is 0 Å². The maximum absolute atomic E-state index is 12.2. The molecule has 1 saturated carbocycles. The fourth-order valence-electron chi connectivity index (χ4n) is 2.81. The lowest BCUT2D eigenvalue weighted by molar-refractivity contribution is -0.274. The molecule has 22 heavy (non-hydrogen) atoms. The summed E-state index contributed by atoms with van der Waals surface area (Å²) in [4.78, 5) is 10.7. The third-order valence-corrected chi connectivity index (χ3v) is 3.77. The topological polar surface area (TPSA) is 84.6 Å². The summed E-state index contributed by atoms with van der Waals surface area (Å²) in [6, 6.07) is 5.13. The monoisotopic (exact) mass is 318 g/mol. The molecule has 3 atom stereocenters. The zero-order valence-corrected chi connectivity index (χ0v) is 11.6. The van der Waals surface area contributed by atoms with Crippen LogP contribution in [0.15, 0.2) is 24.3 Å². The lowest BCUT2D eigenvalue weighted by atomic mass is 9.79. The van der Waals surface area contributed by atoms with Crippen molar-refractivity contribution >= 4 is 6.09 Å². The SMILES string of the molecule is N[C@H]1C[C@@H](c2cccc(OC(F)(F)F)c2)CC[C@@H]1NC(=O)O. The third kappa shape index (κ3) is 4.52. The summed E-state index contributed by atoms with van der Waals surface area (Å²) < 4.78 is 40.6. The van der Waals surface area contributed by atoms with Crippen molar-refractivity contribution in [3.8, 4) is 5.75 Å². The Bertz CT molecular complexity index is 536. The van der Waals surface area contributed by atoms with Crippen molar-refractivity contribution in [2.45, 2.75) is 43.6 Å². The molecule has 1 amide bonds. The van der Waals surface area contributed by atoms with E-state index in [2.05, 4.69) is 10.1 Å². The molecule has 0 spiro atoms. The molecule has 2 rings (SSSR count). The number of ether oxygens (including phenoxy) is 1. The number of hydrogen-bond acceptors (Lipinski definition) is 3. The van der Waals surface area contributed by atoms with E-state index in [0.717, 1.165) is 0 Å². The van der Waals surface area contributed by atoms with Crippen LogP contribution < -0.4 is 15.8 Å². The van der Waals surface area contributed by atoms with Crippen molar-refractivity contribution in [2.75, 3.05) is 0 Å². The molecular formula is C14H17F3N2O3. The first-order valence-electron chi connectivity index (χ1n) is 6.85. The summed E-state index contributed by atoms with van der Waals surface area (Å²) in [6.45, 7) is 0. The van der Waals surface area contributed by atoms with Crippen molar-refractivity contribution < 1.29 is 27.8 Å². The lowest BCUT2D eigenvalue weighted by Crippen LogP contribution is -2.50. The van der Waals surface area contributed by atoms with Crippen LogP contribution in [-0.2, 0) is 0 Å². The maximum Gasteiger partial charge on any atom is 0.573 e. The molecule has 1 aromatic carbocycles. The van der Waals surface area contributed by atoms with Gasteiger partial charge >= 0.3 is 12.5 Å². The van der Waals surface area contributed by atoms with Crippen LogP contribution in [0, 0.1) is 0 Å². The number of benzene rings is 1. The average molecular weight is 318 g/mol. The molecule has 0 unspecified atom stereocenters. The molecule has 0 heterocycles. The van der Waals surface area contributed by atoms with Gasteiger partial charge in [0.1, 0.15) is 5.75 Å². The Kier molecular flexibility index (Phi) is 4.80. The largest absolute Gasteiger partial charge is 0.573 e. The highest BCUT2D eigenvalue weighted by molar-refractivity contribution is 5.65. The Morgan fingerprint density at radius 3 is 2.68 bits per heavy atom. The van der Waals surface area contributed by atoms with Crippen LogP contribution in [0.5, 0.6) is 5.75 Å². The van der Waals surface area contributed by atoms with E-state index < -0.39 is 12.5 Å². The van der Waals surface area contributed by atoms with Crippen LogP contribution in [0.25, 0.3) is 0 Å². The van der Waals surface area contributed by atoms with Crippen molar-refractivity contribution in [3.63, 3.8) is 0 Å². The Hall–Kier alpha value is -1.96. The molecule has 1 aliphatic carbocycles. The van der Waals surface area contributed by atoms with Crippen LogP contribution in [0.1, 0.15) is 30.7 Å². The number of nitrogens with two attached hydrogens (primary N) is 1. The standard InChI is InChI=1S/C14H17F3N2O3/c15-14(16,17)22-10-3-1-2-8(6-10)9-4-5-12(11(18)7-9)19-13(20)21/h1-3,6,9,11-12,19H,4-5,7,18H2,(H,20,21)/t9-,11-,12-/m0/s1. The molecule has 4 N–H and O–H groups in total. The fourth-order valence-corrected chi connectivity index (χ4v) is 2.81. The normalized spacial score (nSPS) is 25.5. The third-order valence-electron chi connectivity index (χ3n) is 3.77. The summed E-state index contributed by atoms with van der Waals surface area (Å²) in [5.74, 6) is -0.275. The van der Waals surface area contributed by atoms with Gasteiger partial charge in [-0.05, 0) is 42.9 Å². The Labute approximate surface area is 125 Å². The predicted octanol–water partition coefficient (Wildman–Crippen LogP) is 2.82. The van der Waals surface area contributed by atoms with E-state index >= 15 is 0 Å². The first-order chi connectivity index (χ1) is 10.2. The molecular weight excluding hydrogens is 301 g/mol. The van der Waals surface area contributed by atoms with Gasteiger partial charge in [-0.15, -0.1) is 13.2 Å². The number of carboxylic acid groups (broad SMARTS) is 1. The minimum atomic E-state index is -4.72. The molecule has 0 aromatic heterocycles. The molecule has 1 aromatic rings. The molecule has 5 nitrogen and oxygen atoms in total. The minimum Gasteiger partial charge on any atom is -0.465 e. The maximum atomic E-state index is 12.2. The average Bonchev–Trinajstić information content (AvgIpc) is 2.39. The number of amides is 1. The second-order valence-electron chi connectivity index (χ2n) is 5.35. The number of halogens is 3. The molecule has 8 heteroatoms. The number of hydrogen-bond donors (Lipinski definition) is 3. The Morgan fingerprint density at radius 2 is 2.09 bits per heavy atom. The van der Waals surface area contributed by atoms with Gasteiger partial charge in [0.05, 0.1) is 0 Å². The van der Waals surface area contributed by atoms with E-state index in [9.17, 15) is 18.0 Å². The second kappa shape index (κ2) is 6.43. The molecule has 0 bridgehead atoms. The van der Waals surface area contributed by atoms with E-state index in [1.165, 1.54) is 18.2 Å². The van der Waals surface area contributed by atoms with Gasteiger partial charge in [0.15, 0.2) is 0 Å². The van der Waals surface area contributed by atoms with Gasteiger partial charge < -0.3 is 20.9 Å². The van der Waals surface area contributed by atoms with Gasteiger partial charge in [0.2, 0.25) is 0 Å². The smallest absolute Gasteiger partial charge is 0.465 e. The van der Waals surface area contributed by atoms with E-state index in [-0.39, 0.29) is 23.8 Å². The van der Waals surface area contributed by atoms with Crippen molar-refractivity contribution in [1.82, 2.24) is 5.32 Å². The molecule has 0 saturated heterocycles.